The Morgan fingerprint density at radius 2 is 2.05 bits per heavy atom. The molecule has 1 fully saturated rings. The van der Waals surface area contributed by atoms with E-state index in [0.29, 0.717) is 24.7 Å². The molecule has 22 heavy (non-hydrogen) atoms. The highest BCUT2D eigenvalue weighted by Gasteiger charge is 2.36. The van der Waals surface area contributed by atoms with Crippen LogP contribution in [-0.2, 0) is 16.1 Å². The molecule has 1 aromatic rings. The molecule has 4 nitrogen and oxygen atoms in total. The van der Waals surface area contributed by atoms with E-state index >= 15 is 0 Å². The van der Waals surface area contributed by atoms with Gasteiger partial charge in [0, 0.05) is 11.6 Å². The first kappa shape index (κ1) is 17.6. The van der Waals surface area contributed by atoms with E-state index in [1.807, 2.05) is 45.0 Å². The van der Waals surface area contributed by atoms with Crippen LogP contribution < -0.4 is 0 Å². The number of nitrogens with zero attached hydrogens (tertiary/aromatic N) is 1. The lowest BCUT2D eigenvalue weighted by atomic mass is 10.2. The highest BCUT2D eigenvalue weighted by atomic mass is 79.9. The molecule has 0 saturated carbocycles. The van der Waals surface area contributed by atoms with E-state index in [-0.39, 0.29) is 17.0 Å². The molecule has 0 radical (unpaired) electrons. The van der Waals surface area contributed by atoms with Gasteiger partial charge in [-0.2, -0.15) is 0 Å². The van der Waals surface area contributed by atoms with Crippen LogP contribution in [0.25, 0.3) is 0 Å². The van der Waals surface area contributed by atoms with E-state index in [0.717, 1.165) is 5.56 Å². The van der Waals surface area contributed by atoms with Gasteiger partial charge in [-0.05, 0) is 32.4 Å². The van der Waals surface area contributed by atoms with Gasteiger partial charge >= 0.3 is 6.09 Å². The molecule has 1 aliphatic rings. The normalized spacial score (nSPS) is 22.0. The van der Waals surface area contributed by atoms with Crippen LogP contribution in [0.1, 0.15) is 26.3 Å². The van der Waals surface area contributed by atoms with Crippen molar-refractivity contribution in [2.75, 3.05) is 13.1 Å². The van der Waals surface area contributed by atoms with Gasteiger partial charge in [0.2, 0.25) is 0 Å². The summed E-state index contributed by atoms with van der Waals surface area (Å²) in [5.74, 6) is 0. The number of alkyl halides is 1. The minimum atomic E-state index is -0.491. The summed E-state index contributed by atoms with van der Waals surface area (Å²) in [7, 11) is 0. The largest absolute Gasteiger partial charge is 0.444 e. The van der Waals surface area contributed by atoms with Gasteiger partial charge in [-0.15, -0.1) is 0 Å². The first-order valence-corrected chi connectivity index (χ1v) is 8.52. The molecule has 1 aromatic carbocycles. The number of carbonyl (C=O) groups excluding carboxylic acids is 1. The van der Waals surface area contributed by atoms with Gasteiger partial charge in [-0.3, -0.25) is 0 Å². The summed E-state index contributed by atoms with van der Waals surface area (Å²) >= 11 is 9.70. The molecule has 1 aliphatic heterocycles. The van der Waals surface area contributed by atoms with Crippen LogP contribution in [0.5, 0.6) is 0 Å². The Morgan fingerprint density at radius 3 is 2.68 bits per heavy atom. The molecule has 0 bridgehead atoms. The monoisotopic (exact) mass is 389 g/mol. The molecule has 0 aliphatic carbocycles. The predicted molar refractivity (Wildman–Crippen MR) is 90.6 cm³/mol. The average molecular weight is 391 g/mol. The predicted octanol–water partition coefficient (Wildman–Crippen LogP) is 4.24. The molecule has 122 valence electrons. The fourth-order valence-electron chi connectivity index (χ4n) is 2.18. The van der Waals surface area contributed by atoms with E-state index in [4.69, 9.17) is 21.1 Å². The van der Waals surface area contributed by atoms with Crippen molar-refractivity contribution in [3.63, 3.8) is 0 Å². The summed E-state index contributed by atoms with van der Waals surface area (Å²) in [5.41, 5.74) is 0.453. The summed E-state index contributed by atoms with van der Waals surface area (Å²) in [6.45, 7) is 7.08. The third-order valence-electron chi connectivity index (χ3n) is 3.26. The highest BCUT2D eigenvalue weighted by molar-refractivity contribution is 9.09. The first-order valence-electron chi connectivity index (χ1n) is 7.23. The summed E-state index contributed by atoms with van der Waals surface area (Å²) in [5, 5.41) is 0.690. The van der Waals surface area contributed by atoms with Crippen LogP contribution in [0.3, 0.4) is 0 Å². The molecular formula is C16H21BrClNO3. The number of carbonyl (C=O) groups is 1. The molecule has 1 heterocycles. The smallest absolute Gasteiger partial charge is 0.410 e. The maximum absolute atomic E-state index is 12.1. The fourth-order valence-corrected chi connectivity index (χ4v) is 3.04. The van der Waals surface area contributed by atoms with E-state index < -0.39 is 5.60 Å². The van der Waals surface area contributed by atoms with Crippen molar-refractivity contribution in [1.82, 2.24) is 4.90 Å². The van der Waals surface area contributed by atoms with Crippen molar-refractivity contribution in [3.8, 4) is 0 Å². The van der Waals surface area contributed by atoms with Gasteiger partial charge in [0.05, 0.1) is 24.1 Å². The lowest BCUT2D eigenvalue weighted by molar-refractivity contribution is 0.0189. The van der Waals surface area contributed by atoms with Crippen LogP contribution in [0.2, 0.25) is 5.02 Å². The number of amides is 1. The van der Waals surface area contributed by atoms with E-state index in [1.54, 1.807) is 4.90 Å². The van der Waals surface area contributed by atoms with Crippen molar-refractivity contribution < 1.29 is 14.3 Å². The molecule has 0 aromatic heterocycles. The molecule has 2 rings (SSSR count). The van der Waals surface area contributed by atoms with E-state index in [2.05, 4.69) is 15.9 Å². The Bertz CT molecular complexity index is 532. The molecule has 0 N–H and O–H groups in total. The van der Waals surface area contributed by atoms with Gasteiger partial charge in [-0.25, -0.2) is 4.79 Å². The number of ether oxygens (including phenoxy) is 2. The Kier molecular flexibility index (Phi) is 5.75. The van der Waals surface area contributed by atoms with Crippen molar-refractivity contribution in [2.24, 2.45) is 0 Å². The number of likely N-dealkylation sites (tertiary alicyclic amines) is 1. The number of hydrogen-bond acceptors (Lipinski definition) is 3. The summed E-state index contributed by atoms with van der Waals surface area (Å²) in [6, 6.07) is 7.59. The number of hydrogen-bond donors (Lipinski definition) is 0. The van der Waals surface area contributed by atoms with Crippen LogP contribution in [-0.4, -0.2) is 40.6 Å². The van der Waals surface area contributed by atoms with Gasteiger partial charge in [0.15, 0.2) is 0 Å². The number of rotatable bonds is 3. The summed E-state index contributed by atoms with van der Waals surface area (Å²) in [6.07, 6.45) is -0.385. The molecule has 0 spiro atoms. The first-order chi connectivity index (χ1) is 10.3. The summed E-state index contributed by atoms with van der Waals surface area (Å²) in [4.78, 5) is 13.8. The standard InChI is InChI=1S/C16H21BrClNO3/c1-16(2,3)22-15(20)19-8-12(17)14(9-19)21-10-11-6-4-5-7-13(11)18/h4-7,12,14H,8-10H2,1-3H3. The van der Waals surface area contributed by atoms with E-state index in [1.165, 1.54) is 0 Å². The molecular weight excluding hydrogens is 370 g/mol. The molecule has 1 amide bonds. The quantitative estimate of drug-likeness (QED) is 0.725. The van der Waals surface area contributed by atoms with Crippen LogP contribution in [0.15, 0.2) is 24.3 Å². The zero-order valence-corrected chi connectivity index (χ0v) is 15.4. The minimum Gasteiger partial charge on any atom is -0.444 e. The molecule has 1 saturated heterocycles. The Labute approximate surface area is 144 Å². The lowest BCUT2D eigenvalue weighted by Crippen LogP contribution is -2.36. The van der Waals surface area contributed by atoms with Crippen molar-refractivity contribution in [1.29, 1.82) is 0 Å². The number of halogens is 2. The minimum absolute atomic E-state index is 0.0798. The summed E-state index contributed by atoms with van der Waals surface area (Å²) < 4.78 is 11.3. The zero-order valence-electron chi connectivity index (χ0n) is 13.0. The van der Waals surface area contributed by atoms with Crippen LogP contribution in [0.4, 0.5) is 4.79 Å². The molecule has 2 unspecified atom stereocenters. The van der Waals surface area contributed by atoms with E-state index in [9.17, 15) is 4.79 Å². The Morgan fingerprint density at radius 1 is 1.36 bits per heavy atom. The lowest BCUT2D eigenvalue weighted by Gasteiger charge is -2.24. The Balaban J connectivity index is 1.89. The highest BCUT2D eigenvalue weighted by Crippen LogP contribution is 2.25. The van der Waals surface area contributed by atoms with Gasteiger partial charge in [-0.1, -0.05) is 45.7 Å². The maximum Gasteiger partial charge on any atom is 0.410 e. The molecule has 2 atom stereocenters. The third kappa shape index (κ3) is 4.86. The second-order valence-corrected chi connectivity index (χ2v) is 7.93. The van der Waals surface area contributed by atoms with Gasteiger partial charge < -0.3 is 14.4 Å². The SMILES string of the molecule is CC(C)(C)OC(=O)N1CC(Br)C(OCc2ccccc2Cl)C1. The second-order valence-electron chi connectivity index (χ2n) is 6.34. The van der Waals surface area contributed by atoms with Crippen LogP contribution >= 0.6 is 27.5 Å². The maximum atomic E-state index is 12.1. The van der Waals surface area contributed by atoms with Crippen molar-refractivity contribution in [2.45, 2.75) is 43.9 Å². The topological polar surface area (TPSA) is 38.8 Å². The van der Waals surface area contributed by atoms with Crippen molar-refractivity contribution >= 4 is 33.6 Å². The number of benzene rings is 1. The van der Waals surface area contributed by atoms with Gasteiger partial charge in [0.1, 0.15) is 5.60 Å². The average Bonchev–Trinajstić information content (AvgIpc) is 2.78. The Hall–Kier alpha value is -0.780. The fraction of sp³-hybridized carbons (Fsp3) is 0.562. The molecule has 6 heteroatoms. The van der Waals surface area contributed by atoms with Gasteiger partial charge in [0.25, 0.3) is 0 Å². The second kappa shape index (κ2) is 7.20. The van der Waals surface area contributed by atoms with Crippen LogP contribution in [0, 0.1) is 0 Å². The zero-order chi connectivity index (χ0) is 16.3. The van der Waals surface area contributed by atoms with Crippen molar-refractivity contribution in [3.05, 3.63) is 34.9 Å². The third-order valence-corrected chi connectivity index (χ3v) is 4.51.